The van der Waals surface area contributed by atoms with Gasteiger partial charge in [0.25, 0.3) is 10.0 Å². The zero-order valence-corrected chi connectivity index (χ0v) is 24.9. The first-order valence-corrected chi connectivity index (χ1v) is 14.9. The van der Waals surface area contributed by atoms with Crippen molar-refractivity contribution < 1.29 is 22.4 Å². The zero-order chi connectivity index (χ0) is 28.7. The first-order valence-electron chi connectivity index (χ1n) is 12.3. The van der Waals surface area contributed by atoms with E-state index >= 15 is 0 Å². The molecule has 0 fully saturated rings. The van der Waals surface area contributed by atoms with E-state index in [1.165, 1.54) is 23.1 Å². The number of amides is 2. The number of hydrogen-bond acceptors (Lipinski definition) is 4. The third-order valence-corrected chi connectivity index (χ3v) is 8.78. The fourth-order valence-electron chi connectivity index (χ4n) is 3.77. The fourth-order valence-corrected chi connectivity index (χ4v) is 5.82. The molecule has 3 aromatic rings. The molecular formula is C28H30BrClFN3O4S. The number of nitrogens with one attached hydrogen (secondary N) is 1. The van der Waals surface area contributed by atoms with E-state index in [-0.39, 0.29) is 34.1 Å². The Hall–Kier alpha value is -2.95. The molecule has 0 aliphatic heterocycles. The highest BCUT2D eigenvalue weighted by Crippen LogP contribution is 2.28. The van der Waals surface area contributed by atoms with E-state index in [9.17, 15) is 22.4 Å². The Bertz CT molecular complexity index is 1430. The topological polar surface area (TPSA) is 86.8 Å². The Morgan fingerprint density at radius 2 is 1.72 bits per heavy atom. The van der Waals surface area contributed by atoms with E-state index in [1.54, 1.807) is 31.2 Å². The summed E-state index contributed by atoms with van der Waals surface area (Å²) in [4.78, 5) is 28.2. The van der Waals surface area contributed by atoms with Crippen LogP contribution in [0.4, 0.5) is 10.1 Å². The number of rotatable bonds is 11. The van der Waals surface area contributed by atoms with E-state index in [1.807, 2.05) is 32.0 Å². The second-order valence-corrected chi connectivity index (χ2v) is 12.3. The van der Waals surface area contributed by atoms with Gasteiger partial charge in [0.05, 0.1) is 15.6 Å². The lowest BCUT2D eigenvalue weighted by Crippen LogP contribution is -2.52. The maximum atomic E-state index is 14.0. The van der Waals surface area contributed by atoms with Crippen molar-refractivity contribution in [2.24, 2.45) is 0 Å². The second kappa shape index (κ2) is 13.4. The lowest BCUT2D eigenvalue weighted by molar-refractivity contribution is -0.139. The van der Waals surface area contributed by atoms with Crippen molar-refractivity contribution in [3.63, 3.8) is 0 Å². The Balaban J connectivity index is 2.04. The molecule has 2 atom stereocenters. The highest BCUT2D eigenvalue weighted by molar-refractivity contribution is 9.10. The van der Waals surface area contributed by atoms with Crippen molar-refractivity contribution in [3.8, 4) is 0 Å². The molecular weight excluding hydrogens is 609 g/mol. The normalized spacial score (nSPS) is 12.9. The van der Waals surface area contributed by atoms with Gasteiger partial charge in [-0.15, -0.1) is 0 Å². The predicted octanol–water partition coefficient (Wildman–Crippen LogP) is 5.77. The Morgan fingerprint density at radius 3 is 2.33 bits per heavy atom. The number of carbonyl (C=O) groups is 2. The van der Waals surface area contributed by atoms with E-state index in [4.69, 9.17) is 11.6 Å². The van der Waals surface area contributed by atoms with Crippen LogP contribution in [-0.4, -0.2) is 43.8 Å². The average molecular weight is 639 g/mol. The largest absolute Gasteiger partial charge is 0.352 e. The van der Waals surface area contributed by atoms with E-state index < -0.39 is 34.3 Å². The van der Waals surface area contributed by atoms with Gasteiger partial charge in [-0.05, 0) is 68.3 Å². The first-order chi connectivity index (χ1) is 18.4. The number of halogens is 3. The van der Waals surface area contributed by atoms with Crippen molar-refractivity contribution in [2.45, 2.75) is 50.7 Å². The molecule has 3 rings (SSSR count). The Morgan fingerprint density at radius 1 is 1.03 bits per heavy atom. The van der Waals surface area contributed by atoms with Gasteiger partial charge in [-0.25, -0.2) is 12.8 Å². The maximum absolute atomic E-state index is 14.0. The molecule has 3 aromatic carbocycles. The molecule has 208 valence electrons. The summed E-state index contributed by atoms with van der Waals surface area (Å²) in [5.74, 6) is -1.72. The minimum atomic E-state index is -4.26. The van der Waals surface area contributed by atoms with E-state index in [2.05, 4.69) is 21.2 Å². The second-order valence-electron chi connectivity index (χ2n) is 9.07. The summed E-state index contributed by atoms with van der Waals surface area (Å²) in [6.45, 7) is 4.79. The lowest BCUT2D eigenvalue weighted by Gasteiger charge is -2.32. The molecule has 0 aromatic heterocycles. The number of carbonyl (C=O) groups excluding carboxylic acids is 2. The SMILES string of the molecule is CC[C@@H](C)NC(=O)[C@H](C)N(Cc1cccc(Br)c1)C(=O)CN(c1ccc(F)c(Cl)c1)S(=O)(=O)c1ccccc1. The minimum Gasteiger partial charge on any atom is -0.352 e. The highest BCUT2D eigenvalue weighted by Gasteiger charge is 2.33. The standard InChI is InChI=1S/C28H30BrClFN3O4S/c1-4-19(2)32-28(36)20(3)33(17-21-9-8-10-22(29)15-21)27(35)18-34(23-13-14-26(31)25(30)16-23)39(37,38)24-11-6-5-7-12-24/h5-16,19-20H,4,17-18H2,1-3H3,(H,32,36)/t19-,20+/m1/s1. The van der Waals surface area contributed by atoms with Gasteiger partial charge in [-0.1, -0.05) is 64.8 Å². The summed E-state index contributed by atoms with van der Waals surface area (Å²) in [7, 11) is -4.26. The summed E-state index contributed by atoms with van der Waals surface area (Å²) in [6, 6.07) is 17.3. The molecule has 0 aliphatic rings. The van der Waals surface area contributed by atoms with Crippen molar-refractivity contribution in [1.82, 2.24) is 10.2 Å². The summed E-state index contributed by atoms with van der Waals surface area (Å²) >= 11 is 9.40. The number of nitrogens with zero attached hydrogens (tertiary/aromatic N) is 2. The molecule has 0 heterocycles. The summed E-state index contributed by atoms with van der Waals surface area (Å²) in [5, 5.41) is 2.59. The van der Waals surface area contributed by atoms with Gasteiger partial charge in [-0.3, -0.25) is 13.9 Å². The minimum absolute atomic E-state index is 0.0118. The van der Waals surface area contributed by atoms with Crippen molar-refractivity contribution in [3.05, 3.63) is 93.7 Å². The van der Waals surface area contributed by atoms with Crippen LogP contribution in [0.2, 0.25) is 5.02 Å². The zero-order valence-electron chi connectivity index (χ0n) is 21.8. The molecule has 11 heteroatoms. The molecule has 0 unspecified atom stereocenters. The smallest absolute Gasteiger partial charge is 0.264 e. The van der Waals surface area contributed by atoms with Gasteiger partial charge >= 0.3 is 0 Å². The first kappa shape index (κ1) is 30.6. The molecule has 0 bridgehead atoms. The van der Waals surface area contributed by atoms with Crippen molar-refractivity contribution in [1.29, 1.82) is 0 Å². The summed E-state index contributed by atoms with van der Waals surface area (Å²) in [5.41, 5.74) is 0.751. The van der Waals surface area contributed by atoms with Crippen LogP contribution in [-0.2, 0) is 26.2 Å². The van der Waals surface area contributed by atoms with Gasteiger partial charge in [0, 0.05) is 17.1 Å². The van der Waals surface area contributed by atoms with Gasteiger partial charge < -0.3 is 10.2 Å². The van der Waals surface area contributed by atoms with Crippen LogP contribution < -0.4 is 9.62 Å². The third-order valence-electron chi connectivity index (χ3n) is 6.21. The van der Waals surface area contributed by atoms with Crippen LogP contribution in [0, 0.1) is 5.82 Å². The molecule has 0 saturated heterocycles. The molecule has 2 amide bonds. The van der Waals surface area contributed by atoms with E-state index in [0.29, 0.717) is 6.42 Å². The Kier molecular flexibility index (Phi) is 10.5. The number of hydrogen-bond donors (Lipinski definition) is 1. The van der Waals surface area contributed by atoms with Gasteiger partial charge in [0.1, 0.15) is 18.4 Å². The van der Waals surface area contributed by atoms with Crippen molar-refractivity contribution >= 4 is 55.1 Å². The number of anilines is 1. The van der Waals surface area contributed by atoms with Gasteiger partial charge in [0.15, 0.2) is 0 Å². The number of benzene rings is 3. The van der Waals surface area contributed by atoms with Crippen LogP contribution in [0.5, 0.6) is 0 Å². The summed E-state index contributed by atoms with van der Waals surface area (Å²) in [6.07, 6.45) is 0.701. The average Bonchev–Trinajstić information content (AvgIpc) is 2.91. The molecule has 0 radical (unpaired) electrons. The quantitative estimate of drug-likeness (QED) is 0.289. The van der Waals surface area contributed by atoms with Crippen LogP contribution >= 0.6 is 27.5 Å². The molecule has 1 N–H and O–H groups in total. The van der Waals surface area contributed by atoms with Crippen LogP contribution in [0.15, 0.2) is 82.2 Å². The molecule has 39 heavy (non-hydrogen) atoms. The number of sulfonamides is 1. The molecule has 7 nitrogen and oxygen atoms in total. The van der Waals surface area contributed by atoms with Crippen molar-refractivity contribution in [2.75, 3.05) is 10.8 Å². The van der Waals surface area contributed by atoms with Gasteiger partial charge in [0.2, 0.25) is 11.8 Å². The molecule has 0 saturated carbocycles. The lowest BCUT2D eigenvalue weighted by atomic mass is 10.1. The third kappa shape index (κ3) is 7.80. The maximum Gasteiger partial charge on any atom is 0.264 e. The molecule has 0 spiro atoms. The van der Waals surface area contributed by atoms with Crippen LogP contribution in [0.3, 0.4) is 0 Å². The van der Waals surface area contributed by atoms with Crippen LogP contribution in [0.1, 0.15) is 32.8 Å². The van der Waals surface area contributed by atoms with Gasteiger partial charge in [-0.2, -0.15) is 0 Å². The monoisotopic (exact) mass is 637 g/mol. The predicted molar refractivity (Wildman–Crippen MR) is 154 cm³/mol. The van der Waals surface area contributed by atoms with Crippen LogP contribution in [0.25, 0.3) is 0 Å². The summed E-state index contributed by atoms with van der Waals surface area (Å²) < 4.78 is 43.0. The highest BCUT2D eigenvalue weighted by atomic mass is 79.9. The Labute approximate surface area is 242 Å². The molecule has 0 aliphatic carbocycles. The fraction of sp³-hybridized carbons (Fsp3) is 0.286. The van der Waals surface area contributed by atoms with E-state index in [0.717, 1.165) is 26.5 Å².